The molecule has 1 aromatic heterocycles. The summed E-state index contributed by atoms with van der Waals surface area (Å²) in [6.45, 7) is 9.37. The summed E-state index contributed by atoms with van der Waals surface area (Å²) in [5, 5.41) is 25.6. The number of carbonyl (C=O) groups is 2. The molecule has 0 radical (unpaired) electrons. The predicted octanol–water partition coefficient (Wildman–Crippen LogP) is 3.87. The van der Waals surface area contributed by atoms with Crippen LogP contribution in [0.1, 0.15) is 57.7 Å². The molecule has 1 aliphatic rings. The van der Waals surface area contributed by atoms with E-state index in [0.717, 1.165) is 26.1 Å². The number of anilines is 1. The van der Waals surface area contributed by atoms with Crippen molar-refractivity contribution in [2.45, 2.75) is 27.2 Å². The lowest BCUT2D eigenvalue weighted by Crippen LogP contribution is -2.27. The van der Waals surface area contributed by atoms with E-state index in [-0.39, 0.29) is 33.8 Å². The molecule has 0 spiro atoms. The minimum Gasteiger partial charge on any atom is -0.506 e. The van der Waals surface area contributed by atoms with Gasteiger partial charge in [-0.3, -0.25) is 9.59 Å². The summed E-state index contributed by atoms with van der Waals surface area (Å²) in [5.41, 5.74) is 0.589. The molecule has 7 nitrogen and oxygen atoms in total. The van der Waals surface area contributed by atoms with Crippen molar-refractivity contribution in [3.05, 3.63) is 58.3 Å². The number of aromatic hydroxyl groups is 2. The van der Waals surface area contributed by atoms with E-state index in [1.807, 2.05) is 0 Å². The van der Waals surface area contributed by atoms with Crippen molar-refractivity contribution in [2.24, 2.45) is 0 Å². The van der Waals surface area contributed by atoms with Crippen molar-refractivity contribution >= 4 is 28.2 Å². The lowest BCUT2D eigenvalue weighted by atomic mass is 9.80. The fourth-order valence-electron chi connectivity index (χ4n) is 4.40. The summed E-state index contributed by atoms with van der Waals surface area (Å²) < 4.78 is 0. The van der Waals surface area contributed by atoms with Crippen LogP contribution in [0.2, 0.25) is 0 Å². The first-order chi connectivity index (χ1) is 15.4. The molecule has 32 heavy (non-hydrogen) atoms. The summed E-state index contributed by atoms with van der Waals surface area (Å²) >= 11 is 0. The van der Waals surface area contributed by atoms with Gasteiger partial charge in [-0.2, -0.15) is 0 Å². The maximum absolute atomic E-state index is 13.6. The van der Waals surface area contributed by atoms with Gasteiger partial charge in [0.1, 0.15) is 17.3 Å². The third-order valence-electron chi connectivity index (χ3n) is 6.18. The molecule has 4 rings (SSSR count). The second kappa shape index (κ2) is 8.59. The zero-order valence-corrected chi connectivity index (χ0v) is 18.5. The topological polar surface area (TPSA) is 103 Å². The normalized spacial score (nSPS) is 12.9. The van der Waals surface area contributed by atoms with E-state index < -0.39 is 11.6 Å². The Balaban J connectivity index is 1.78. The van der Waals surface area contributed by atoms with Gasteiger partial charge in [0.25, 0.3) is 0 Å². The van der Waals surface area contributed by atoms with Crippen molar-refractivity contribution in [3.63, 3.8) is 0 Å². The maximum atomic E-state index is 13.6. The van der Waals surface area contributed by atoms with Crippen molar-refractivity contribution in [1.82, 2.24) is 9.88 Å². The second-order valence-corrected chi connectivity index (χ2v) is 8.00. The van der Waals surface area contributed by atoms with E-state index in [1.165, 1.54) is 0 Å². The number of carbonyl (C=O) groups excluding carboxylic acids is 2. The molecule has 3 aromatic rings. The highest BCUT2D eigenvalue weighted by Gasteiger charge is 2.39. The van der Waals surface area contributed by atoms with Gasteiger partial charge >= 0.3 is 0 Å². The molecule has 3 N–H and O–H groups in total. The van der Waals surface area contributed by atoms with Crippen molar-refractivity contribution in [1.29, 1.82) is 0 Å². The van der Waals surface area contributed by atoms with Gasteiger partial charge in [-0.15, -0.1) is 0 Å². The average molecular weight is 434 g/mol. The van der Waals surface area contributed by atoms with Gasteiger partial charge in [0.05, 0.1) is 16.7 Å². The van der Waals surface area contributed by atoms with E-state index in [0.29, 0.717) is 28.7 Å². The Morgan fingerprint density at radius 1 is 0.906 bits per heavy atom. The Hall–Kier alpha value is -3.45. The molecular formula is C25H27N3O4. The van der Waals surface area contributed by atoms with E-state index in [2.05, 4.69) is 29.0 Å². The number of hydrogen-bond donors (Lipinski definition) is 3. The molecule has 0 aliphatic heterocycles. The molecule has 166 valence electrons. The van der Waals surface area contributed by atoms with Gasteiger partial charge in [0.15, 0.2) is 5.78 Å². The van der Waals surface area contributed by atoms with E-state index in [9.17, 15) is 19.8 Å². The van der Waals surface area contributed by atoms with Crippen LogP contribution in [-0.4, -0.2) is 57.8 Å². The number of hydrogen-bond acceptors (Lipinski definition) is 7. The van der Waals surface area contributed by atoms with Crippen molar-refractivity contribution < 1.29 is 19.8 Å². The first kappa shape index (κ1) is 21.8. The molecule has 7 heteroatoms. The number of phenolic OH excluding ortho intramolecular Hbond substituents is 2. The number of pyridine rings is 1. The van der Waals surface area contributed by atoms with Crippen LogP contribution in [-0.2, 0) is 0 Å². The van der Waals surface area contributed by atoms with E-state index in [1.54, 1.807) is 37.4 Å². The van der Waals surface area contributed by atoms with Crippen molar-refractivity contribution in [2.75, 3.05) is 31.5 Å². The van der Waals surface area contributed by atoms with E-state index >= 15 is 0 Å². The smallest absolute Gasteiger partial charge is 0.202 e. The molecule has 0 fully saturated rings. The summed E-state index contributed by atoms with van der Waals surface area (Å²) in [6.07, 6.45) is 2.40. The zero-order valence-electron chi connectivity index (χ0n) is 18.5. The van der Waals surface area contributed by atoms with Crippen molar-refractivity contribution in [3.8, 4) is 11.5 Å². The Labute approximate surface area is 186 Å². The highest BCUT2D eigenvalue weighted by atomic mass is 16.3. The monoisotopic (exact) mass is 433 g/mol. The average Bonchev–Trinajstić information content (AvgIpc) is 2.80. The highest BCUT2D eigenvalue weighted by molar-refractivity contribution is 6.34. The molecule has 0 amide bonds. The molecular weight excluding hydrogens is 406 g/mol. The molecule has 0 bridgehead atoms. The number of benzene rings is 2. The summed E-state index contributed by atoms with van der Waals surface area (Å²) in [6, 6.07) is 6.62. The van der Waals surface area contributed by atoms with Gasteiger partial charge in [-0.05, 0) is 38.5 Å². The zero-order chi connectivity index (χ0) is 23.0. The molecule has 2 aromatic carbocycles. The van der Waals surface area contributed by atoms with Crippen LogP contribution in [0.25, 0.3) is 10.8 Å². The van der Waals surface area contributed by atoms with Crippen LogP contribution in [0, 0.1) is 6.92 Å². The van der Waals surface area contributed by atoms with Crippen LogP contribution in [0.5, 0.6) is 11.5 Å². The van der Waals surface area contributed by atoms with Gasteiger partial charge in [0.2, 0.25) is 5.78 Å². The minimum absolute atomic E-state index is 0.148. The SMILES string of the molecule is CCN(CC)CCCNc1ncc(C)c2c1C(=O)c1c(c(O)c3ccccc3c1O)C2=O. The number of nitrogens with one attached hydrogen (secondary N) is 1. The first-order valence-corrected chi connectivity index (χ1v) is 10.9. The Morgan fingerprint density at radius 2 is 1.47 bits per heavy atom. The standard InChI is InChI=1S/C25H27N3O4/c1-4-28(5-2)12-8-11-26-25-20-17(14(3)13-27-25)23(31)18-19(24(20)32)22(30)16-10-7-6-9-15(16)21(18)29/h6-7,9-10,13,29-30H,4-5,8,11-12H2,1-3H3,(H,26,27). The number of nitrogens with zero attached hydrogens (tertiary/aromatic N) is 2. The third-order valence-corrected chi connectivity index (χ3v) is 6.18. The van der Waals surface area contributed by atoms with Crippen LogP contribution >= 0.6 is 0 Å². The second-order valence-electron chi connectivity index (χ2n) is 8.00. The number of aryl methyl sites for hydroxylation is 1. The highest BCUT2D eigenvalue weighted by Crippen LogP contribution is 2.45. The molecule has 1 aliphatic carbocycles. The van der Waals surface area contributed by atoms with Gasteiger partial charge in [-0.1, -0.05) is 38.1 Å². The Morgan fingerprint density at radius 3 is 2.03 bits per heavy atom. The number of rotatable bonds is 7. The Kier molecular flexibility index (Phi) is 5.84. The van der Waals surface area contributed by atoms with Crippen LogP contribution < -0.4 is 5.32 Å². The van der Waals surface area contributed by atoms with Gasteiger partial charge < -0.3 is 20.4 Å². The quantitative estimate of drug-likeness (QED) is 0.300. The first-order valence-electron chi connectivity index (χ1n) is 10.9. The minimum atomic E-state index is -0.518. The van der Waals surface area contributed by atoms with Crippen LogP contribution in [0.4, 0.5) is 5.82 Å². The number of ketones is 2. The van der Waals surface area contributed by atoms with E-state index in [4.69, 9.17) is 0 Å². The number of phenols is 2. The maximum Gasteiger partial charge on any atom is 0.202 e. The van der Waals surface area contributed by atoms with Crippen LogP contribution in [0.3, 0.4) is 0 Å². The summed E-state index contributed by atoms with van der Waals surface area (Å²) in [7, 11) is 0. The molecule has 0 saturated carbocycles. The molecule has 0 saturated heterocycles. The predicted molar refractivity (Wildman–Crippen MR) is 124 cm³/mol. The van der Waals surface area contributed by atoms with Crippen LogP contribution in [0.15, 0.2) is 30.5 Å². The molecule has 0 atom stereocenters. The summed E-state index contributed by atoms with van der Waals surface area (Å²) in [5.74, 6) is -1.27. The molecule has 0 unspecified atom stereocenters. The lowest BCUT2D eigenvalue weighted by molar-refractivity contribution is 0.0974. The fraction of sp³-hybridized carbons (Fsp3) is 0.320. The number of fused-ring (bicyclic) bond motifs is 3. The van der Waals surface area contributed by atoms with Gasteiger partial charge in [-0.25, -0.2) is 4.98 Å². The lowest BCUT2D eigenvalue weighted by Gasteiger charge is -2.24. The third kappa shape index (κ3) is 3.39. The molecule has 1 heterocycles. The van der Waals surface area contributed by atoms with Gasteiger partial charge in [0, 0.05) is 29.1 Å². The Bertz CT molecular complexity index is 1230. The fourth-order valence-corrected chi connectivity index (χ4v) is 4.40. The summed E-state index contributed by atoms with van der Waals surface area (Å²) in [4.78, 5) is 33.7. The number of aromatic nitrogens is 1. The largest absolute Gasteiger partial charge is 0.506 e.